The van der Waals surface area contributed by atoms with Crippen molar-refractivity contribution >= 4 is 43.6 Å². The average molecular weight is 712 g/mol. The van der Waals surface area contributed by atoms with Crippen LogP contribution in [0.4, 0.5) is 13.2 Å². The van der Waals surface area contributed by atoms with Crippen molar-refractivity contribution in [1.29, 1.82) is 5.26 Å². The standard InChI is InChI=1S/C43H32F3N3O4/c1-24-14-25(16-27(15-24)43(44,45)46)32-22-42(49-39-12-8-30(52-4)20-35(39)36-21-31(53-5)9-13-40(36)49)41(17-26(32)23-47)48-37-10-6-28(50-2)18-33(37)34-19-29(51-3)7-11-38(34)48/h6-22H,1-5H3. The first-order chi connectivity index (χ1) is 25.6. The third kappa shape index (κ3) is 5.44. The lowest BCUT2D eigenvalue weighted by molar-refractivity contribution is -0.137. The Bertz CT molecular complexity index is 2690. The van der Waals surface area contributed by atoms with Gasteiger partial charge in [-0.2, -0.15) is 18.4 Å². The Morgan fingerprint density at radius 2 is 0.925 bits per heavy atom. The predicted octanol–water partition coefficient (Wildman–Crippen LogP) is 10.8. The van der Waals surface area contributed by atoms with Gasteiger partial charge in [-0.05, 0) is 115 Å². The second-order valence-corrected chi connectivity index (χ2v) is 12.8. The smallest absolute Gasteiger partial charge is 0.416 e. The van der Waals surface area contributed by atoms with Gasteiger partial charge in [0.25, 0.3) is 0 Å². The first kappa shape index (κ1) is 33.5. The van der Waals surface area contributed by atoms with Crippen LogP contribution in [0.1, 0.15) is 16.7 Å². The van der Waals surface area contributed by atoms with E-state index in [0.29, 0.717) is 45.5 Å². The summed E-state index contributed by atoms with van der Waals surface area (Å²) in [6, 6.07) is 32.9. The van der Waals surface area contributed by atoms with Crippen LogP contribution in [0.2, 0.25) is 0 Å². The second kappa shape index (κ2) is 12.6. The molecule has 0 amide bonds. The third-order valence-corrected chi connectivity index (χ3v) is 9.79. The number of fused-ring (bicyclic) bond motifs is 6. The van der Waals surface area contributed by atoms with Gasteiger partial charge in [0, 0.05) is 27.1 Å². The lowest BCUT2D eigenvalue weighted by atomic mass is 9.95. The molecule has 10 heteroatoms. The molecule has 53 heavy (non-hydrogen) atoms. The fourth-order valence-corrected chi connectivity index (χ4v) is 7.36. The summed E-state index contributed by atoms with van der Waals surface area (Å²) in [4.78, 5) is 0. The molecule has 0 saturated carbocycles. The number of benzene rings is 6. The van der Waals surface area contributed by atoms with Crippen molar-refractivity contribution in [2.24, 2.45) is 0 Å². The number of halogens is 3. The van der Waals surface area contributed by atoms with Crippen LogP contribution in [0.5, 0.6) is 23.0 Å². The van der Waals surface area contributed by atoms with Crippen LogP contribution in [-0.4, -0.2) is 37.6 Å². The Morgan fingerprint density at radius 3 is 1.28 bits per heavy atom. The van der Waals surface area contributed by atoms with Gasteiger partial charge in [0.05, 0.1) is 79.1 Å². The molecule has 264 valence electrons. The Balaban J connectivity index is 1.56. The van der Waals surface area contributed by atoms with Crippen molar-refractivity contribution in [3.63, 3.8) is 0 Å². The summed E-state index contributed by atoms with van der Waals surface area (Å²) < 4.78 is 69.1. The van der Waals surface area contributed by atoms with Crippen LogP contribution in [0.3, 0.4) is 0 Å². The van der Waals surface area contributed by atoms with E-state index in [1.165, 1.54) is 0 Å². The van der Waals surface area contributed by atoms with Gasteiger partial charge >= 0.3 is 6.18 Å². The molecule has 0 aliphatic rings. The number of methoxy groups -OCH3 is 4. The molecule has 0 aliphatic carbocycles. The van der Waals surface area contributed by atoms with Gasteiger partial charge in [0.1, 0.15) is 23.0 Å². The molecule has 0 fully saturated rings. The number of ether oxygens (including phenoxy) is 4. The number of nitriles is 1. The maximum absolute atomic E-state index is 14.2. The quantitative estimate of drug-likeness (QED) is 0.165. The van der Waals surface area contributed by atoms with E-state index in [0.717, 1.165) is 55.7 Å². The molecule has 0 atom stereocenters. The van der Waals surface area contributed by atoms with E-state index in [1.807, 2.05) is 78.9 Å². The molecule has 7 nitrogen and oxygen atoms in total. The third-order valence-electron chi connectivity index (χ3n) is 9.79. The SMILES string of the molecule is COc1ccc2c(c1)c1cc(OC)ccc1n2-c1cc(C#N)c(-c2cc(C)cc(C(F)(F)F)c2)cc1-n1c2ccc(OC)cc2c2cc(OC)ccc21. The molecule has 8 aromatic rings. The van der Waals surface area contributed by atoms with Crippen molar-refractivity contribution in [3.05, 3.63) is 120 Å². The highest BCUT2D eigenvalue weighted by molar-refractivity contribution is 6.12. The van der Waals surface area contributed by atoms with Crippen molar-refractivity contribution < 1.29 is 32.1 Å². The maximum atomic E-state index is 14.2. The normalized spacial score (nSPS) is 11.8. The molecular formula is C43H32F3N3O4. The van der Waals surface area contributed by atoms with E-state index in [-0.39, 0.29) is 11.1 Å². The molecule has 0 aliphatic heterocycles. The molecule has 2 aromatic heterocycles. The average Bonchev–Trinajstić information content (AvgIpc) is 3.67. The van der Waals surface area contributed by atoms with Gasteiger partial charge in [0.15, 0.2) is 0 Å². The number of hydrogen-bond donors (Lipinski definition) is 0. The molecule has 8 rings (SSSR count). The van der Waals surface area contributed by atoms with Gasteiger partial charge in [0.2, 0.25) is 0 Å². The van der Waals surface area contributed by atoms with Gasteiger partial charge in [-0.15, -0.1) is 0 Å². The number of alkyl halides is 3. The highest BCUT2D eigenvalue weighted by atomic mass is 19.4. The fourth-order valence-electron chi connectivity index (χ4n) is 7.36. The number of aromatic nitrogens is 2. The van der Waals surface area contributed by atoms with Crippen LogP contribution in [0.15, 0.2) is 103 Å². The molecule has 6 aromatic carbocycles. The Hall–Kier alpha value is -6.60. The zero-order valence-electron chi connectivity index (χ0n) is 29.4. The lowest BCUT2D eigenvalue weighted by Gasteiger charge is -2.20. The largest absolute Gasteiger partial charge is 0.497 e. The van der Waals surface area contributed by atoms with E-state index in [1.54, 1.807) is 47.5 Å². The zero-order chi connectivity index (χ0) is 37.2. The zero-order valence-corrected chi connectivity index (χ0v) is 29.4. The second-order valence-electron chi connectivity index (χ2n) is 12.8. The van der Waals surface area contributed by atoms with Crippen molar-refractivity contribution in [2.45, 2.75) is 13.1 Å². The van der Waals surface area contributed by atoms with Crippen LogP contribution < -0.4 is 18.9 Å². The van der Waals surface area contributed by atoms with Crippen LogP contribution in [-0.2, 0) is 6.18 Å². The molecule has 0 radical (unpaired) electrons. The van der Waals surface area contributed by atoms with Gasteiger partial charge in [-0.25, -0.2) is 0 Å². The van der Waals surface area contributed by atoms with Crippen LogP contribution in [0.25, 0.3) is 66.1 Å². The Labute approximate surface area is 302 Å². The van der Waals surface area contributed by atoms with E-state index in [2.05, 4.69) is 15.2 Å². The van der Waals surface area contributed by atoms with Crippen molar-refractivity contribution in [3.8, 4) is 51.6 Å². The van der Waals surface area contributed by atoms with E-state index in [4.69, 9.17) is 18.9 Å². The van der Waals surface area contributed by atoms with E-state index >= 15 is 0 Å². The summed E-state index contributed by atoms with van der Waals surface area (Å²) >= 11 is 0. The minimum Gasteiger partial charge on any atom is -0.497 e. The first-order valence-electron chi connectivity index (χ1n) is 16.7. The summed E-state index contributed by atoms with van der Waals surface area (Å²) in [5, 5.41) is 14.2. The van der Waals surface area contributed by atoms with E-state index < -0.39 is 11.7 Å². The molecule has 0 bridgehead atoms. The number of rotatable bonds is 7. The number of hydrogen-bond acceptors (Lipinski definition) is 5. The van der Waals surface area contributed by atoms with Crippen molar-refractivity contribution in [2.75, 3.05) is 28.4 Å². The number of nitrogens with zero attached hydrogens (tertiary/aromatic N) is 3. The van der Waals surface area contributed by atoms with E-state index in [9.17, 15) is 18.4 Å². The summed E-state index contributed by atoms with van der Waals surface area (Å²) in [6.45, 7) is 1.62. The molecular weight excluding hydrogens is 679 g/mol. The lowest BCUT2D eigenvalue weighted by Crippen LogP contribution is -2.07. The van der Waals surface area contributed by atoms with Gasteiger partial charge in [-0.1, -0.05) is 6.07 Å². The van der Waals surface area contributed by atoms with Crippen LogP contribution >= 0.6 is 0 Å². The number of aryl methyl sites for hydroxylation is 1. The summed E-state index contributed by atoms with van der Waals surface area (Å²) in [5.74, 6) is 2.64. The monoisotopic (exact) mass is 711 g/mol. The maximum Gasteiger partial charge on any atom is 0.416 e. The molecule has 0 unspecified atom stereocenters. The highest BCUT2D eigenvalue weighted by Crippen LogP contribution is 2.44. The molecule has 0 saturated heterocycles. The predicted molar refractivity (Wildman–Crippen MR) is 201 cm³/mol. The van der Waals surface area contributed by atoms with Gasteiger partial charge < -0.3 is 28.1 Å². The first-order valence-corrected chi connectivity index (χ1v) is 16.7. The topological polar surface area (TPSA) is 70.6 Å². The molecule has 2 heterocycles. The summed E-state index contributed by atoms with van der Waals surface area (Å²) in [6.07, 6.45) is -4.58. The van der Waals surface area contributed by atoms with Gasteiger partial charge in [-0.3, -0.25) is 0 Å². The summed E-state index contributed by atoms with van der Waals surface area (Å²) in [7, 11) is 6.43. The van der Waals surface area contributed by atoms with Crippen molar-refractivity contribution in [1.82, 2.24) is 9.13 Å². The fraction of sp³-hybridized carbons (Fsp3) is 0.140. The van der Waals surface area contributed by atoms with Crippen LogP contribution in [0, 0.1) is 18.3 Å². The minimum absolute atomic E-state index is 0.212. The molecule has 0 N–H and O–H groups in total. The Kier molecular flexibility index (Phi) is 7.95. The summed E-state index contributed by atoms with van der Waals surface area (Å²) in [5.41, 5.74) is 5.04. The molecule has 0 spiro atoms. The minimum atomic E-state index is -4.58. The highest BCUT2D eigenvalue weighted by Gasteiger charge is 2.31. The Morgan fingerprint density at radius 1 is 0.528 bits per heavy atom.